The van der Waals surface area contributed by atoms with E-state index in [1.165, 1.54) is 34.1 Å². The number of carboxylic acids is 1. The highest BCUT2D eigenvalue weighted by atomic mass is 32.1. The van der Waals surface area contributed by atoms with Crippen LogP contribution in [-0.4, -0.2) is 17.0 Å². The van der Waals surface area contributed by atoms with Crippen molar-refractivity contribution in [3.05, 3.63) is 105 Å². The van der Waals surface area contributed by atoms with E-state index in [4.69, 9.17) is 0 Å². The molecule has 0 saturated heterocycles. The van der Waals surface area contributed by atoms with Gasteiger partial charge in [0.15, 0.2) is 0 Å². The lowest BCUT2D eigenvalue weighted by Crippen LogP contribution is -2.13. The molecule has 0 bridgehead atoms. The number of allylic oxidation sites excluding steroid dienone is 10. The van der Waals surface area contributed by atoms with Crippen molar-refractivity contribution in [3.8, 4) is 0 Å². The number of carbonyl (C=O) groups is 2. The molecule has 2 aliphatic carbocycles. The highest BCUT2D eigenvalue weighted by Gasteiger charge is 2.18. The van der Waals surface area contributed by atoms with Gasteiger partial charge in [-0.05, 0) is 66.7 Å². The molecule has 4 rings (SSSR count). The van der Waals surface area contributed by atoms with Crippen molar-refractivity contribution in [2.75, 3.05) is 5.32 Å². The lowest BCUT2D eigenvalue weighted by atomic mass is 9.95. The molecule has 2 aliphatic rings. The Hall–Kier alpha value is -3.44. The van der Waals surface area contributed by atoms with Gasteiger partial charge in [-0.3, -0.25) is 4.79 Å². The van der Waals surface area contributed by atoms with Gasteiger partial charge in [-0.2, -0.15) is 0 Å². The molecule has 0 unspecified atom stereocenters. The summed E-state index contributed by atoms with van der Waals surface area (Å²) in [5.74, 6) is -1.36. The van der Waals surface area contributed by atoms with Crippen LogP contribution in [-0.2, 0) is 0 Å². The lowest BCUT2D eigenvalue weighted by molar-refractivity contribution is 0.0698. The molecular formula is C26H23NO3S. The molecule has 1 aromatic heterocycles. The molecular weight excluding hydrogens is 406 g/mol. The van der Waals surface area contributed by atoms with Crippen LogP contribution in [0.1, 0.15) is 49.7 Å². The Morgan fingerprint density at radius 2 is 1.87 bits per heavy atom. The van der Waals surface area contributed by atoms with Gasteiger partial charge in [0.1, 0.15) is 0 Å². The van der Waals surface area contributed by atoms with Gasteiger partial charge in [0, 0.05) is 4.88 Å². The quantitative estimate of drug-likeness (QED) is 0.579. The van der Waals surface area contributed by atoms with E-state index in [1.807, 2.05) is 13.0 Å². The zero-order valence-corrected chi connectivity index (χ0v) is 18.0. The van der Waals surface area contributed by atoms with Crippen LogP contribution in [0.3, 0.4) is 0 Å². The van der Waals surface area contributed by atoms with E-state index in [-0.39, 0.29) is 11.5 Å². The van der Waals surface area contributed by atoms with Crippen LogP contribution in [0.2, 0.25) is 0 Å². The first-order valence-electron chi connectivity index (χ1n) is 10.2. The van der Waals surface area contributed by atoms with Crippen LogP contribution in [0, 0.1) is 6.92 Å². The number of aryl methyl sites for hydroxylation is 1. The fraction of sp³-hybridized carbons (Fsp3) is 0.154. The van der Waals surface area contributed by atoms with Crippen LogP contribution in [0.5, 0.6) is 0 Å². The maximum Gasteiger partial charge on any atom is 0.337 e. The number of rotatable bonds is 4. The number of hydrogen-bond donors (Lipinski definition) is 2. The zero-order valence-electron chi connectivity index (χ0n) is 17.2. The number of nitrogens with one attached hydrogen (secondary N) is 1. The highest BCUT2D eigenvalue weighted by molar-refractivity contribution is 7.15. The number of benzene rings is 1. The SMILES string of the molecule is Cc1cc(C(=O)Nc2ccccc2C(=O)O)sc1/C1=C/C=C\C2=C(C=CCC=C2)CC1. The Balaban J connectivity index is 1.56. The van der Waals surface area contributed by atoms with Crippen molar-refractivity contribution >= 4 is 34.5 Å². The van der Waals surface area contributed by atoms with Gasteiger partial charge in [0.25, 0.3) is 5.91 Å². The van der Waals surface area contributed by atoms with E-state index in [0.717, 1.165) is 29.7 Å². The smallest absolute Gasteiger partial charge is 0.337 e. The van der Waals surface area contributed by atoms with E-state index in [2.05, 4.69) is 47.8 Å². The number of para-hydroxylation sites is 1. The summed E-state index contributed by atoms with van der Waals surface area (Å²) in [5.41, 5.74) is 5.21. The minimum atomic E-state index is -1.07. The number of hydrogen-bond acceptors (Lipinski definition) is 3. The molecule has 1 amide bonds. The van der Waals surface area contributed by atoms with E-state index >= 15 is 0 Å². The molecule has 2 aromatic rings. The third-order valence-electron chi connectivity index (χ3n) is 5.34. The first-order valence-corrected chi connectivity index (χ1v) is 11.0. The first-order chi connectivity index (χ1) is 15.0. The Labute approximate surface area is 185 Å². The van der Waals surface area contributed by atoms with Gasteiger partial charge in [0.2, 0.25) is 0 Å². The number of anilines is 1. The second-order valence-electron chi connectivity index (χ2n) is 7.50. The standard InChI is InChI=1S/C26H23NO3S/c1-17-16-23(25(28)27-22-13-6-5-12-21(22)26(29)30)31-24(17)20-11-7-10-18-8-3-2-4-9-19(18)14-15-20/h3-13,16H,2,14-15H2,1H3,(H,27,28)(H,29,30)/b10-7-,20-11+. The van der Waals surface area contributed by atoms with Gasteiger partial charge in [0.05, 0.1) is 16.1 Å². The van der Waals surface area contributed by atoms with Crippen molar-refractivity contribution in [1.82, 2.24) is 0 Å². The predicted molar refractivity (Wildman–Crippen MR) is 127 cm³/mol. The molecule has 4 nitrogen and oxygen atoms in total. The number of amides is 1. The van der Waals surface area contributed by atoms with Gasteiger partial charge < -0.3 is 10.4 Å². The number of carboxylic acid groups (broad SMARTS) is 1. The summed E-state index contributed by atoms with van der Waals surface area (Å²) in [6, 6.07) is 8.31. The molecule has 31 heavy (non-hydrogen) atoms. The molecule has 2 N–H and O–H groups in total. The monoisotopic (exact) mass is 429 g/mol. The molecule has 5 heteroatoms. The highest BCUT2D eigenvalue weighted by Crippen LogP contribution is 2.35. The zero-order chi connectivity index (χ0) is 21.8. The van der Waals surface area contributed by atoms with Gasteiger partial charge in [-0.15, -0.1) is 11.3 Å². The van der Waals surface area contributed by atoms with E-state index in [0.29, 0.717) is 10.6 Å². The summed E-state index contributed by atoms with van der Waals surface area (Å²) in [4.78, 5) is 25.9. The van der Waals surface area contributed by atoms with Crippen molar-refractivity contribution in [2.45, 2.75) is 26.2 Å². The van der Waals surface area contributed by atoms with Crippen LogP contribution >= 0.6 is 11.3 Å². The van der Waals surface area contributed by atoms with E-state index in [1.54, 1.807) is 18.2 Å². The Bertz CT molecular complexity index is 1190. The molecule has 0 spiro atoms. The summed E-state index contributed by atoms with van der Waals surface area (Å²) in [5, 5.41) is 12.1. The van der Waals surface area contributed by atoms with Gasteiger partial charge in [-0.25, -0.2) is 4.79 Å². The van der Waals surface area contributed by atoms with E-state index < -0.39 is 5.97 Å². The average Bonchev–Trinajstić information content (AvgIpc) is 2.99. The summed E-state index contributed by atoms with van der Waals surface area (Å²) in [7, 11) is 0. The Morgan fingerprint density at radius 1 is 1.06 bits per heavy atom. The third-order valence-corrected chi connectivity index (χ3v) is 6.65. The van der Waals surface area contributed by atoms with Crippen molar-refractivity contribution in [2.24, 2.45) is 0 Å². The van der Waals surface area contributed by atoms with Crippen LogP contribution in [0.25, 0.3) is 5.57 Å². The maximum absolute atomic E-state index is 12.8. The minimum Gasteiger partial charge on any atom is -0.478 e. The summed E-state index contributed by atoms with van der Waals surface area (Å²) < 4.78 is 0. The summed E-state index contributed by atoms with van der Waals surface area (Å²) in [6.07, 6.45) is 17.9. The van der Waals surface area contributed by atoms with Crippen molar-refractivity contribution < 1.29 is 14.7 Å². The molecule has 0 saturated carbocycles. The summed E-state index contributed by atoms with van der Waals surface area (Å²) >= 11 is 1.45. The molecule has 0 fully saturated rings. The molecule has 156 valence electrons. The number of thiophene rings is 1. The second-order valence-corrected chi connectivity index (χ2v) is 8.55. The largest absolute Gasteiger partial charge is 0.478 e. The Kier molecular flexibility index (Phi) is 6.14. The average molecular weight is 430 g/mol. The molecule has 1 aromatic carbocycles. The van der Waals surface area contributed by atoms with Gasteiger partial charge in [-0.1, -0.05) is 54.7 Å². The van der Waals surface area contributed by atoms with E-state index in [9.17, 15) is 14.7 Å². The molecule has 0 aliphatic heterocycles. The number of carbonyl (C=O) groups excluding carboxylic acids is 1. The maximum atomic E-state index is 12.8. The lowest BCUT2D eigenvalue weighted by Gasteiger charge is -2.12. The van der Waals surface area contributed by atoms with Crippen molar-refractivity contribution in [3.63, 3.8) is 0 Å². The first kappa shape index (κ1) is 20.8. The fourth-order valence-corrected chi connectivity index (χ4v) is 4.88. The topological polar surface area (TPSA) is 66.4 Å². The second kappa shape index (κ2) is 9.14. The third kappa shape index (κ3) is 4.67. The van der Waals surface area contributed by atoms with Crippen molar-refractivity contribution in [1.29, 1.82) is 0 Å². The van der Waals surface area contributed by atoms with Crippen LogP contribution < -0.4 is 5.32 Å². The Morgan fingerprint density at radius 3 is 2.71 bits per heavy atom. The predicted octanol–water partition coefficient (Wildman–Crippen LogP) is 6.55. The number of aromatic carboxylic acids is 1. The molecule has 0 radical (unpaired) electrons. The van der Waals surface area contributed by atoms with Crippen LogP contribution in [0.4, 0.5) is 5.69 Å². The fourth-order valence-electron chi connectivity index (χ4n) is 3.76. The molecule has 1 heterocycles. The summed E-state index contributed by atoms with van der Waals surface area (Å²) in [6.45, 7) is 2.01. The minimum absolute atomic E-state index is 0.0757. The van der Waals surface area contributed by atoms with Crippen LogP contribution in [0.15, 0.2) is 84.0 Å². The normalized spacial score (nSPS) is 18.3. The van der Waals surface area contributed by atoms with Gasteiger partial charge >= 0.3 is 5.97 Å². The molecule has 0 atom stereocenters.